The third-order valence-electron chi connectivity index (χ3n) is 4.31. The van der Waals surface area contributed by atoms with Gasteiger partial charge in [-0.25, -0.2) is 4.98 Å². The van der Waals surface area contributed by atoms with E-state index in [2.05, 4.69) is 25.8 Å². The zero-order valence-corrected chi connectivity index (χ0v) is 18.9. The Bertz CT molecular complexity index is 1030. The lowest BCUT2D eigenvalue weighted by Gasteiger charge is -2.15. The van der Waals surface area contributed by atoms with Crippen LogP contribution in [0.1, 0.15) is 47.3 Å². The molecule has 0 aliphatic carbocycles. The minimum atomic E-state index is -0.326. The Hall–Kier alpha value is -2.72. The molecule has 1 aromatic carbocycles. The van der Waals surface area contributed by atoms with Gasteiger partial charge >= 0.3 is 0 Å². The van der Waals surface area contributed by atoms with E-state index < -0.39 is 0 Å². The Morgan fingerprint density at radius 3 is 2.57 bits per heavy atom. The summed E-state index contributed by atoms with van der Waals surface area (Å²) in [6.45, 7) is 8.33. The van der Waals surface area contributed by atoms with E-state index in [1.807, 2.05) is 49.8 Å². The highest BCUT2D eigenvalue weighted by atomic mass is 32.2. The summed E-state index contributed by atoms with van der Waals surface area (Å²) in [6.07, 6.45) is 0. The molecular weight excluding hydrogens is 420 g/mol. The number of hydrogen-bond donors (Lipinski definition) is 2. The molecule has 0 aliphatic heterocycles. The third kappa shape index (κ3) is 5.45. The number of nitrogens with zero attached hydrogens (tertiary/aromatic N) is 4. The number of nitrogens with one attached hydrogen (secondary N) is 2. The number of aryl methyl sites for hydroxylation is 2. The summed E-state index contributed by atoms with van der Waals surface area (Å²) < 4.78 is 1.91. The number of carbonyl (C=O) groups is 2. The molecular formula is C20H24N6O2S2. The van der Waals surface area contributed by atoms with E-state index in [4.69, 9.17) is 0 Å². The lowest BCUT2D eigenvalue weighted by atomic mass is 10.1. The highest BCUT2D eigenvalue weighted by Gasteiger charge is 2.20. The van der Waals surface area contributed by atoms with E-state index in [9.17, 15) is 9.59 Å². The normalized spacial score (nSPS) is 11.9. The second-order valence-corrected chi connectivity index (χ2v) is 8.58. The van der Waals surface area contributed by atoms with Crippen molar-refractivity contribution in [1.29, 1.82) is 0 Å². The monoisotopic (exact) mass is 444 g/mol. The first-order valence-electron chi connectivity index (χ1n) is 9.52. The fraction of sp³-hybridized carbons (Fsp3) is 0.350. The zero-order valence-electron chi connectivity index (χ0n) is 17.3. The van der Waals surface area contributed by atoms with Crippen LogP contribution in [0.2, 0.25) is 0 Å². The van der Waals surface area contributed by atoms with Crippen molar-refractivity contribution in [1.82, 2.24) is 25.1 Å². The van der Waals surface area contributed by atoms with Gasteiger partial charge in [0.1, 0.15) is 0 Å². The van der Waals surface area contributed by atoms with E-state index in [0.717, 1.165) is 11.3 Å². The molecule has 158 valence electrons. The molecule has 0 saturated heterocycles. The summed E-state index contributed by atoms with van der Waals surface area (Å²) in [7, 11) is 0. The van der Waals surface area contributed by atoms with Crippen molar-refractivity contribution in [2.45, 2.75) is 45.4 Å². The van der Waals surface area contributed by atoms with Crippen molar-refractivity contribution in [2.75, 3.05) is 11.1 Å². The maximum Gasteiger partial charge on any atom is 0.251 e. The van der Waals surface area contributed by atoms with Gasteiger partial charge in [0.05, 0.1) is 17.5 Å². The summed E-state index contributed by atoms with van der Waals surface area (Å²) >= 11 is 2.70. The largest absolute Gasteiger partial charge is 0.342 e. The number of hydrogen-bond acceptors (Lipinski definition) is 7. The third-order valence-corrected chi connectivity index (χ3v) is 6.15. The van der Waals surface area contributed by atoms with E-state index in [1.54, 1.807) is 12.1 Å². The number of thiazole rings is 1. The number of benzene rings is 1. The number of amides is 2. The first-order valence-corrected chi connectivity index (χ1v) is 11.4. The van der Waals surface area contributed by atoms with Crippen LogP contribution in [0.3, 0.4) is 0 Å². The predicted molar refractivity (Wildman–Crippen MR) is 119 cm³/mol. The average Bonchev–Trinajstić information content (AvgIpc) is 3.32. The minimum absolute atomic E-state index is 0.151. The second kappa shape index (κ2) is 9.86. The number of thioether (sulfide) groups is 1. The van der Waals surface area contributed by atoms with Crippen LogP contribution in [0.25, 0.3) is 0 Å². The maximum atomic E-state index is 12.5. The number of aromatic nitrogens is 4. The maximum absolute atomic E-state index is 12.5. The predicted octanol–water partition coefficient (Wildman–Crippen LogP) is 3.59. The Balaban J connectivity index is 1.61. The van der Waals surface area contributed by atoms with Crippen molar-refractivity contribution < 1.29 is 9.59 Å². The SMILES string of the molecule is CCn1c(SCC(=O)Nc2nc(C)cs2)nnc1C(C)NC(=O)c1ccc(C)cc1. The van der Waals surface area contributed by atoms with Gasteiger partial charge in [0.2, 0.25) is 5.91 Å². The average molecular weight is 445 g/mol. The Morgan fingerprint density at radius 2 is 1.93 bits per heavy atom. The molecule has 2 amide bonds. The molecule has 0 radical (unpaired) electrons. The van der Waals surface area contributed by atoms with E-state index in [1.165, 1.54) is 23.1 Å². The van der Waals surface area contributed by atoms with Crippen LogP contribution in [-0.2, 0) is 11.3 Å². The summed E-state index contributed by atoms with van der Waals surface area (Å²) in [5.41, 5.74) is 2.57. The Kier molecular flexibility index (Phi) is 7.22. The van der Waals surface area contributed by atoms with Gasteiger partial charge in [0.25, 0.3) is 5.91 Å². The second-order valence-electron chi connectivity index (χ2n) is 6.78. The van der Waals surface area contributed by atoms with Crippen LogP contribution in [-0.4, -0.2) is 37.3 Å². The molecule has 1 atom stereocenters. The highest BCUT2D eigenvalue weighted by Crippen LogP contribution is 2.22. The first-order chi connectivity index (χ1) is 14.4. The molecule has 0 spiro atoms. The lowest BCUT2D eigenvalue weighted by Crippen LogP contribution is -2.28. The van der Waals surface area contributed by atoms with Crippen LogP contribution in [0.15, 0.2) is 34.8 Å². The molecule has 3 aromatic rings. The molecule has 1 unspecified atom stereocenters. The summed E-state index contributed by atoms with van der Waals surface area (Å²) in [6, 6.07) is 7.08. The van der Waals surface area contributed by atoms with Gasteiger partial charge in [-0.2, -0.15) is 0 Å². The van der Waals surface area contributed by atoms with Crippen molar-refractivity contribution >= 4 is 40.0 Å². The van der Waals surface area contributed by atoms with Crippen LogP contribution >= 0.6 is 23.1 Å². The molecule has 2 heterocycles. The number of anilines is 1. The van der Waals surface area contributed by atoms with Crippen LogP contribution in [0.4, 0.5) is 5.13 Å². The summed E-state index contributed by atoms with van der Waals surface area (Å²) in [4.78, 5) is 28.9. The highest BCUT2D eigenvalue weighted by molar-refractivity contribution is 7.99. The van der Waals surface area contributed by atoms with Gasteiger partial charge in [-0.05, 0) is 39.8 Å². The molecule has 8 nitrogen and oxygen atoms in total. The van der Waals surface area contributed by atoms with Crippen molar-refractivity contribution in [3.63, 3.8) is 0 Å². The number of carbonyl (C=O) groups excluding carboxylic acids is 2. The first kappa shape index (κ1) is 22.0. The quantitative estimate of drug-likeness (QED) is 0.515. The molecule has 2 N–H and O–H groups in total. The van der Waals surface area contributed by atoms with Crippen molar-refractivity contribution in [2.24, 2.45) is 0 Å². The fourth-order valence-corrected chi connectivity index (χ4v) is 4.28. The van der Waals surface area contributed by atoms with Gasteiger partial charge in [0.15, 0.2) is 16.1 Å². The van der Waals surface area contributed by atoms with Crippen LogP contribution in [0.5, 0.6) is 0 Å². The summed E-state index contributed by atoms with van der Waals surface area (Å²) in [5.74, 6) is 0.528. The molecule has 0 saturated carbocycles. The summed E-state index contributed by atoms with van der Waals surface area (Å²) in [5, 5.41) is 17.3. The molecule has 0 aliphatic rings. The van der Waals surface area contributed by atoms with Gasteiger partial charge < -0.3 is 15.2 Å². The molecule has 3 rings (SSSR count). The smallest absolute Gasteiger partial charge is 0.251 e. The molecule has 30 heavy (non-hydrogen) atoms. The minimum Gasteiger partial charge on any atom is -0.342 e. The van der Waals surface area contributed by atoms with Crippen LogP contribution < -0.4 is 10.6 Å². The molecule has 2 aromatic heterocycles. The van der Waals surface area contributed by atoms with Gasteiger partial charge in [-0.1, -0.05) is 29.5 Å². The standard InChI is InChI=1S/C20H24N6O2S2/c1-5-26-17(14(4)22-18(28)15-8-6-12(2)7-9-15)24-25-20(26)30-11-16(27)23-19-21-13(3)10-29-19/h6-10,14H,5,11H2,1-4H3,(H,22,28)(H,21,23,27). The molecule has 10 heteroatoms. The van der Waals surface area contributed by atoms with E-state index in [-0.39, 0.29) is 23.6 Å². The number of rotatable bonds is 8. The fourth-order valence-electron chi connectivity index (χ4n) is 2.77. The van der Waals surface area contributed by atoms with Gasteiger partial charge in [-0.3, -0.25) is 9.59 Å². The van der Waals surface area contributed by atoms with Gasteiger partial charge in [-0.15, -0.1) is 21.5 Å². The topological polar surface area (TPSA) is 102 Å². The zero-order chi connectivity index (χ0) is 21.7. The Morgan fingerprint density at radius 1 is 1.20 bits per heavy atom. The van der Waals surface area contributed by atoms with Crippen molar-refractivity contribution in [3.05, 3.63) is 52.3 Å². The van der Waals surface area contributed by atoms with E-state index in [0.29, 0.717) is 28.2 Å². The Labute approximate surface area is 183 Å². The lowest BCUT2D eigenvalue weighted by molar-refractivity contribution is -0.113. The molecule has 0 fully saturated rings. The van der Waals surface area contributed by atoms with Gasteiger partial charge in [0, 0.05) is 17.5 Å². The van der Waals surface area contributed by atoms with E-state index >= 15 is 0 Å². The van der Waals surface area contributed by atoms with Crippen molar-refractivity contribution in [3.8, 4) is 0 Å². The molecule has 0 bridgehead atoms. The van der Waals surface area contributed by atoms with Crippen LogP contribution in [0, 0.1) is 13.8 Å².